The molecular formula is C21H33BFNO3. The molecule has 0 spiro atoms. The quantitative estimate of drug-likeness (QED) is 0.727. The maximum absolute atomic E-state index is 14.1. The molecule has 0 unspecified atom stereocenters. The molecule has 27 heavy (non-hydrogen) atoms. The lowest BCUT2D eigenvalue weighted by Gasteiger charge is -2.32. The van der Waals surface area contributed by atoms with E-state index < -0.39 is 24.1 Å². The van der Waals surface area contributed by atoms with Crippen molar-refractivity contribution >= 4 is 18.5 Å². The Morgan fingerprint density at radius 3 is 2.07 bits per heavy atom. The van der Waals surface area contributed by atoms with E-state index in [0.717, 1.165) is 32.4 Å². The van der Waals surface area contributed by atoms with Gasteiger partial charge < -0.3 is 14.2 Å². The highest BCUT2D eigenvalue weighted by molar-refractivity contribution is 6.62. The summed E-state index contributed by atoms with van der Waals surface area (Å²) < 4.78 is 26.1. The van der Waals surface area contributed by atoms with Crippen molar-refractivity contribution < 1.29 is 18.5 Å². The molecule has 0 N–H and O–H groups in total. The average molecular weight is 377 g/mol. The number of nitrogens with zero attached hydrogens (tertiary/aromatic N) is 1. The second-order valence-corrected chi connectivity index (χ2v) is 8.42. The molecule has 0 aliphatic carbocycles. The van der Waals surface area contributed by atoms with Gasteiger partial charge in [-0.1, -0.05) is 20.3 Å². The molecule has 1 aromatic rings. The van der Waals surface area contributed by atoms with Crippen LogP contribution < -0.4 is 5.46 Å². The van der Waals surface area contributed by atoms with Gasteiger partial charge >= 0.3 is 7.12 Å². The monoisotopic (exact) mass is 377 g/mol. The molecule has 0 saturated carbocycles. The van der Waals surface area contributed by atoms with E-state index in [2.05, 4.69) is 13.8 Å². The molecule has 150 valence electrons. The lowest BCUT2D eigenvalue weighted by atomic mass is 9.78. The molecule has 3 rings (SSSR count). The van der Waals surface area contributed by atoms with E-state index in [1.165, 1.54) is 18.6 Å². The van der Waals surface area contributed by atoms with Crippen molar-refractivity contribution in [1.82, 2.24) is 4.90 Å². The number of carbonyl (C=O) groups is 1. The smallest absolute Gasteiger partial charge is 0.399 e. The van der Waals surface area contributed by atoms with Gasteiger partial charge in [-0.3, -0.25) is 4.79 Å². The Morgan fingerprint density at radius 2 is 1.56 bits per heavy atom. The molecule has 0 radical (unpaired) electrons. The fourth-order valence-electron chi connectivity index (χ4n) is 3.13. The topological polar surface area (TPSA) is 38.8 Å². The van der Waals surface area contributed by atoms with Crippen molar-refractivity contribution in [1.29, 1.82) is 0 Å². The van der Waals surface area contributed by atoms with Crippen molar-refractivity contribution in [2.24, 2.45) is 0 Å². The van der Waals surface area contributed by atoms with Crippen molar-refractivity contribution in [2.75, 3.05) is 13.1 Å². The Kier molecular flexibility index (Phi) is 7.09. The first-order valence-electron chi connectivity index (χ1n) is 10.1. The Labute approximate surface area is 163 Å². The minimum atomic E-state index is -0.668. The molecule has 1 aromatic carbocycles. The summed E-state index contributed by atoms with van der Waals surface area (Å²) in [4.78, 5) is 14.4. The molecule has 2 fully saturated rings. The minimum absolute atomic E-state index is 0.119. The Hall–Kier alpha value is -1.40. The summed E-state index contributed by atoms with van der Waals surface area (Å²) in [6, 6.07) is 4.38. The summed E-state index contributed by atoms with van der Waals surface area (Å²) >= 11 is 0. The number of benzene rings is 1. The summed E-state index contributed by atoms with van der Waals surface area (Å²) in [6.45, 7) is 13.5. The molecule has 2 heterocycles. The normalized spacial score (nSPS) is 20.9. The van der Waals surface area contributed by atoms with Gasteiger partial charge in [0, 0.05) is 18.7 Å². The number of hydrogen-bond acceptors (Lipinski definition) is 3. The van der Waals surface area contributed by atoms with Crippen LogP contribution in [-0.2, 0) is 9.31 Å². The van der Waals surface area contributed by atoms with Gasteiger partial charge in [0.15, 0.2) is 0 Å². The number of hydrogen-bond donors (Lipinski definition) is 0. The van der Waals surface area contributed by atoms with Crippen LogP contribution in [-0.4, -0.2) is 42.2 Å². The molecule has 6 heteroatoms. The number of likely N-dealkylation sites (tertiary alicyclic amines) is 1. The van der Waals surface area contributed by atoms with Gasteiger partial charge in [0.1, 0.15) is 5.82 Å². The van der Waals surface area contributed by atoms with E-state index in [-0.39, 0.29) is 5.91 Å². The lowest BCUT2D eigenvalue weighted by molar-refractivity contribution is 0.00578. The van der Waals surface area contributed by atoms with Crippen LogP contribution in [0.1, 0.15) is 77.6 Å². The molecule has 0 bridgehead atoms. The maximum Gasteiger partial charge on any atom is 0.494 e. The standard InChI is InChI=1S/C18H25BFNO3.C3H8/c1-17(2)18(3,4)24-19(23-17)14-10-13(11-15(20)12-14)16(22)21-8-6-5-7-9-21;1-3-2/h10-12H,5-9H2,1-4H3;3H2,1-2H3. The molecule has 2 aliphatic rings. The molecule has 2 aliphatic heterocycles. The van der Waals surface area contributed by atoms with Crippen molar-refractivity contribution in [3.8, 4) is 0 Å². The second-order valence-electron chi connectivity index (χ2n) is 8.42. The predicted octanol–water partition coefficient (Wildman–Crippen LogP) is 4.17. The number of piperidine rings is 1. The fourth-order valence-corrected chi connectivity index (χ4v) is 3.13. The molecule has 2 saturated heterocycles. The summed E-state index contributed by atoms with van der Waals surface area (Å²) in [5.74, 6) is -0.561. The Morgan fingerprint density at radius 1 is 1.04 bits per heavy atom. The fraction of sp³-hybridized carbons (Fsp3) is 0.667. The van der Waals surface area contributed by atoms with Gasteiger partial charge in [0.2, 0.25) is 0 Å². The van der Waals surface area contributed by atoms with Crippen LogP contribution in [0.5, 0.6) is 0 Å². The first kappa shape index (κ1) is 21.9. The first-order chi connectivity index (χ1) is 12.6. The molecule has 4 nitrogen and oxygen atoms in total. The van der Waals surface area contributed by atoms with E-state index in [1.807, 2.05) is 27.7 Å². The minimum Gasteiger partial charge on any atom is -0.399 e. The summed E-state index contributed by atoms with van der Waals surface area (Å²) in [5, 5.41) is 0. The largest absolute Gasteiger partial charge is 0.494 e. The van der Waals surface area contributed by atoms with E-state index in [9.17, 15) is 9.18 Å². The van der Waals surface area contributed by atoms with Crippen molar-refractivity contribution in [3.63, 3.8) is 0 Å². The van der Waals surface area contributed by atoms with E-state index in [4.69, 9.17) is 9.31 Å². The summed E-state index contributed by atoms with van der Waals surface area (Å²) in [7, 11) is -0.668. The van der Waals surface area contributed by atoms with Gasteiger partial charge in [0.25, 0.3) is 5.91 Å². The third-order valence-electron chi connectivity index (χ3n) is 5.34. The van der Waals surface area contributed by atoms with Gasteiger partial charge in [-0.15, -0.1) is 0 Å². The third-order valence-corrected chi connectivity index (χ3v) is 5.34. The SMILES string of the molecule is CC1(C)OB(c2cc(F)cc(C(=O)N3CCCCC3)c2)OC1(C)C.CCC. The predicted molar refractivity (Wildman–Crippen MR) is 108 cm³/mol. The maximum atomic E-state index is 14.1. The van der Waals surface area contributed by atoms with Crippen LogP contribution in [0.4, 0.5) is 4.39 Å². The van der Waals surface area contributed by atoms with Gasteiger partial charge in [-0.25, -0.2) is 4.39 Å². The molecular weight excluding hydrogens is 344 g/mol. The van der Waals surface area contributed by atoms with Crippen LogP contribution in [0.3, 0.4) is 0 Å². The third kappa shape index (κ3) is 5.11. The highest BCUT2D eigenvalue weighted by atomic mass is 19.1. The number of halogens is 1. The first-order valence-corrected chi connectivity index (χ1v) is 10.1. The zero-order valence-corrected chi connectivity index (χ0v) is 17.6. The Bertz CT molecular complexity index is 641. The van der Waals surface area contributed by atoms with Crippen molar-refractivity contribution in [3.05, 3.63) is 29.6 Å². The van der Waals surface area contributed by atoms with Gasteiger partial charge in [-0.2, -0.15) is 0 Å². The lowest BCUT2D eigenvalue weighted by Crippen LogP contribution is -2.41. The Balaban J connectivity index is 0.000000817. The van der Waals surface area contributed by atoms with Gasteiger partial charge in [0.05, 0.1) is 11.2 Å². The van der Waals surface area contributed by atoms with Crippen LogP contribution in [0.2, 0.25) is 0 Å². The van der Waals surface area contributed by atoms with Crippen LogP contribution >= 0.6 is 0 Å². The highest BCUT2D eigenvalue weighted by Gasteiger charge is 2.51. The molecule has 0 atom stereocenters. The molecule has 0 aromatic heterocycles. The molecule has 1 amide bonds. The van der Waals surface area contributed by atoms with Crippen LogP contribution in [0.15, 0.2) is 18.2 Å². The van der Waals surface area contributed by atoms with Gasteiger partial charge in [-0.05, 0) is 70.6 Å². The van der Waals surface area contributed by atoms with E-state index in [0.29, 0.717) is 11.0 Å². The number of rotatable bonds is 2. The summed E-state index contributed by atoms with van der Waals surface area (Å²) in [6.07, 6.45) is 4.41. The number of amides is 1. The average Bonchev–Trinajstić information content (AvgIpc) is 2.83. The second kappa shape index (κ2) is 8.74. The summed E-state index contributed by atoms with van der Waals surface area (Å²) in [5.41, 5.74) is -0.0854. The van der Waals surface area contributed by atoms with E-state index in [1.54, 1.807) is 11.0 Å². The van der Waals surface area contributed by atoms with Crippen LogP contribution in [0.25, 0.3) is 0 Å². The zero-order valence-electron chi connectivity index (χ0n) is 17.6. The highest BCUT2D eigenvalue weighted by Crippen LogP contribution is 2.36. The van der Waals surface area contributed by atoms with Crippen molar-refractivity contribution in [2.45, 2.75) is 78.4 Å². The zero-order chi connectivity index (χ0) is 20.2. The van der Waals surface area contributed by atoms with Crippen LogP contribution in [0, 0.1) is 5.82 Å². The van der Waals surface area contributed by atoms with E-state index >= 15 is 0 Å². The number of carbonyl (C=O) groups excluding carboxylic acids is 1.